The number of hydrogen-bond donors (Lipinski definition) is 2. The van der Waals surface area contributed by atoms with Crippen LogP contribution in [0.4, 0.5) is 10.9 Å². The molecule has 2 aromatic rings. The minimum atomic E-state index is 0.0289. The van der Waals surface area contributed by atoms with Gasteiger partial charge in [0, 0.05) is 24.7 Å². The second kappa shape index (κ2) is 7.37. The van der Waals surface area contributed by atoms with Crippen molar-refractivity contribution in [1.82, 2.24) is 14.9 Å². The highest BCUT2D eigenvalue weighted by atomic mass is 79.9. The molecule has 0 radical (unpaired) electrons. The van der Waals surface area contributed by atoms with Crippen molar-refractivity contribution in [3.63, 3.8) is 0 Å². The number of nitrogens with one attached hydrogen (secondary N) is 1. The highest BCUT2D eigenvalue weighted by Crippen LogP contribution is 2.29. The van der Waals surface area contributed by atoms with Gasteiger partial charge in [-0.1, -0.05) is 17.4 Å². The van der Waals surface area contributed by atoms with Gasteiger partial charge in [0.15, 0.2) is 5.13 Å². The van der Waals surface area contributed by atoms with Crippen LogP contribution in [0.5, 0.6) is 0 Å². The lowest BCUT2D eigenvalue weighted by molar-refractivity contribution is -0.130. The average Bonchev–Trinajstić information content (AvgIpc) is 2.99. The van der Waals surface area contributed by atoms with Crippen LogP contribution < -0.4 is 11.1 Å². The molecule has 3 N–H and O–H groups in total. The molecule has 0 unspecified atom stereocenters. The average molecular weight is 396 g/mol. The summed E-state index contributed by atoms with van der Waals surface area (Å²) in [6.45, 7) is 1.59. The van der Waals surface area contributed by atoms with Gasteiger partial charge in [-0.3, -0.25) is 4.79 Å². The summed E-state index contributed by atoms with van der Waals surface area (Å²) in [6.07, 6.45) is 3.61. The Bertz CT molecular complexity index is 684. The summed E-state index contributed by atoms with van der Waals surface area (Å²) < 4.78 is 0.980. The Balaban J connectivity index is 1.65. The summed E-state index contributed by atoms with van der Waals surface area (Å²) in [5, 5.41) is 4.04. The largest absolute Gasteiger partial charge is 0.342 e. The van der Waals surface area contributed by atoms with E-state index >= 15 is 0 Å². The molecular formula is C15H18BrN5OS. The van der Waals surface area contributed by atoms with E-state index in [1.165, 1.54) is 11.3 Å². The smallest absolute Gasteiger partial charge is 0.236 e. The number of carbonyl (C=O) groups excluding carboxylic acids is 1. The molecule has 0 saturated carbocycles. The van der Waals surface area contributed by atoms with Crippen LogP contribution in [0.15, 0.2) is 28.2 Å². The van der Waals surface area contributed by atoms with E-state index in [1.54, 1.807) is 6.20 Å². The van der Waals surface area contributed by atoms with E-state index in [0.717, 1.165) is 46.4 Å². The zero-order valence-corrected chi connectivity index (χ0v) is 14.9. The summed E-state index contributed by atoms with van der Waals surface area (Å²) in [6, 6.07) is 5.99. The fourth-order valence-corrected chi connectivity index (χ4v) is 3.84. The van der Waals surface area contributed by atoms with Gasteiger partial charge >= 0.3 is 0 Å². The summed E-state index contributed by atoms with van der Waals surface area (Å²) in [5.41, 5.74) is 6.48. The van der Waals surface area contributed by atoms with Crippen molar-refractivity contribution in [3.8, 4) is 0 Å². The van der Waals surface area contributed by atoms with Crippen LogP contribution in [-0.2, 0) is 4.79 Å². The first-order chi connectivity index (χ1) is 11.2. The number of hydrogen-bond acceptors (Lipinski definition) is 6. The summed E-state index contributed by atoms with van der Waals surface area (Å²) in [5.74, 6) is 1.20. The number of anilines is 2. The third kappa shape index (κ3) is 4.07. The van der Waals surface area contributed by atoms with Gasteiger partial charge < -0.3 is 16.0 Å². The molecule has 0 aromatic carbocycles. The lowest BCUT2D eigenvalue weighted by atomic mass is 9.93. The quantitative estimate of drug-likeness (QED) is 0.830. The number of rotatable bonds is 4. The van der Waals surface area contributed by atoms with Crippen LogP contribution in [0.25, 0.3) is 0 Å². The van der Waals surface area contributed by atoms with Gasteiger partial charge in [-0.25, -0.2) is 9.97 Å². The molecule has 122 valence electrons. The molecular weight excluding hydrogens is 378 g/mol. The second-order valence-corrected chi connectivity index (χ2v) is 7.81. The van der Waals surface area contributed by atoms with Gasteiger partial charge in [-0.2, -0.15) is 0 Å². The summed E-state index contributed by atoms with van der Waals surface area (Å²) in [4.78, 5) is 22.4. The molecule has 1 aliphatic heterocycles. The number of nitrogens with two attached hydrogens (primary N) is 1. The Kier molecular flexibility index (Phi) is 5.24. The van der Waals surface area contributed by atoms with E-state index in [4.69, 9.17) is 10.7 Å². The third-order valence-electron chi connectivity index (χ3n) is 3.92. The number of thiazole rings is 1. The maximum atomic E-state index is 11.6. The van der Waals surface area contributed by atoms with E-state index in [0.29, 0.717) is 5.92 Å². The summed E-state index contributed by atoms with van der Waals surface area (Å²) >= 11 is 4.93. The fraction of sp³-hybridized carbons (Fsp3) is 0.400. The number of carbonyl (C=O) groups is 1. The van der Waals surface area contributed by atoms with Crippen molar-refractivity contribution in [2.75, 3.05) is 25.0 Å². The first-order valence-electron chi connectivity index (χ1n) is 7.49. The SMILES string of the molecule is NCC(=O)N1CCC(c2cccc(Nc3ncc(Br)s3)n2)CC1. The molecule has 8 heteroatoms. The molecule has 1 fully saturated rings. The van der Waals surface area contributed by atoms with Crippen molar-refractivity contribution in [2.24, 2.45) is 5.73 Å². The highest BCUT2D eigenvalue weighted by molar-refractivity contribution is 9.11. The van der Waals surface area contributed by atoms with Gasteiger partial charge in [-0.15, -0.1) is 0 Å². The van der Waals surface area contributed by atoms with E-state index in [-0.39, 0.29) is 12.5 Å². The topological polar surface area (TPSA) is 84.1 Å². The van der Waals surface area contributed by atoms with Gasteiger partial charge in [0.05, 0.1) is 16.5 Å². The molecule has 0 atom stereocenters. The molecule has 23 heavy (non-hydrogen) atoms. The van der Waals surface area contributed by atoms with Crippen molar-refractivity contribution in [3.05, 3.63) is 33.9 Å². The predicted octanol–water partition coefficient (Wildman–Crippen LogP) is 2.71. The van der Waals surface area contributed by atoms with E-state index < -0.39 is 0 Å². The summed E-state index contributed by atoms with van der Waals surface area (Å²) in [7, 11) is 0. The van der Waals surface area contributed by atoms with Crippen molar-refractivity contribution in [1.29, 1.82) is 0 Å². The van der Waals surface area contributed by atoms with Crippen LogP contribution in [0.2, 0.25) is 0 Å². The van der Waals surface area contributed by atoms with Crippen LogP contribution in [0.3, 0.4) is 0 Å². The first kappa shape index (κ1) is 16.4. The maximum absolute atomic E-state index is 11.6. The van der Waals surface area contributed by atoms with Gasteiger partial charge in [0.25, 0.3) is 0 Å². The third-order valence-corrected chi connectivity index (χ3v) is 5.32. The van der Waals surface area contributed by atoms with Crippen LogP contribution in [-0.4, -0.2) is 40.4 Å². The molecule has 1 saturated heterocycles. The van der Waals surface area contributed by atoms with Crippen LogP contribution >= 0.6 is 27.3 Å². The van der Waals surface area contributed by atoms with Crippen LogP contribution in [0.1, 0.15) is 24.5 Å². The Morgan fingerprint density at radius 2 is 2.22 bits per heavy atom. The predicted molar refractivity (Wildman–Crippen MR) is 94.9 cm³/mol. The molecule has 6 nitrogen and oxygen atoms in total. The standard InChI is InChI=1S/C15H18BrN5OS/c16-12-9-18-15(23-12)20-13-3-1-2-11(19-13)10-4-6-21(7-5-10)14(22)8-17/h1-3,9-10H,4-8,17H2,(H,18,19,20). The van der Waals surface area contributed by atoms with E-state index in [2.05, 4.69) is 26.2 Å². The molecule has 3 heterocycles. The number of piperidine rings is 1. The van der Waals surface area contributed by atoms with Gasteiger partial charge in [-0.05, 0) is 40.9 Å². The van der Waals surface area contributed by atoms with E-state index in [9.17, 15) is 4.79 Å². The zero-order valence-electron chi connectivity index (χ0n) is 12.5. The molecule has 1 aliphatic rings. The van der Waals surface area contributed by atoms with Gasteiger partial charge in [0.2, 0.25) is 5.91 Å². The molecule has 1 amide bonds. The molecule has 0 spiro atoms. The number of pyridine rings is 1. The molecule has 2 aromatic heterocycles. The van der Waals surface area contributed by atoms with Crippen LogP contribution in [0, 0.1) is 0 Å². The normalized spacial score (nSPS) is 15.7. The minimum Gasteiger partial charge on any atom is -0.342 e. The molecule has 0 bridgehead atoms. The molecule has 0 aliphatic carbocycles. The Hall–Kier alpha value is -1.51. The van der Waals surface area contributed by atoms with E-state index in [1.807, 2.05) is 23.1 Å². The Morgan fingerprint density at radius 1 is 1.43 bits per heavy atom. The van der Waals surface area contributed by atoms with Crippen molar-refractivity contribution < 1.29 is 4.79 Å². The fourth-order valence-electron chi connectivity index (χ4n) is 2.72. The number of aromatic nitrogens is 2. The number of nitrogens with zero attached hydrogens (tertiary/aromatic N) is 3. The molecule has 3 rings (SSSR count). The van der Waals surface area contributed by atoms with Crippen molar-refractivity contribution >= 4 is 44.1 Å². The minimum absolute atomic E-state index is 0.0289. The maximum Gasteiger partial charge on any atom is 0.236 e. The number of halogens is 1. The lowest BCUT2D eigenvalue weighted by Crippen LogP contribution is -2.41. The Morgan fingerprint density at radius 3 is 2.87 bits per heavy atom. The first-order valence-corrected chi connectivity index (χ1v) is 9.10. The second-order valence-electron chi connectivity index (χ2n) is 5.40. The zero-order chi connectivity index (χ0) is 16.2. The van der Waals surface area contributed by atoms with Crippen molar-refractivity contribution in [2.45, 2.75) is 18.8 Å². The number of likely N-dealkylation sites (tertiary alicyclic amines) is 1. The lowest BCUT2D eigenvalue weighted by Gasteiger charge is -2.31. The van der Waals surface area contributed by atoms with Gasteiger partial charge in [0.1, 0.15) is 5.82 Å². The number of amides is 1. The Labute approximate surface area is 147 Å². The monoisotopic (exact) mass is 395 g/mol. The highest BCUT2D eigenvalue weighted by Gasteiger charge is 2.24.